The summed E-state index contributed by atoms with van der Waals surface area (Å²) in [5.41, 5.74) is 2.18. The van der Waals surface area contributed by atoms with E-state index in [1.807, 2.05) is 35.0 Å². The zero-order chi connectivity index (χ0) is 21.2. The fraction of sp³-hybridized carbons (Fsp3) is 0.346. The highest BCUT2D eigenvalue weighted by Crippen LogP contribution is 2.38. The van der Waals surface area contributed by atoms with Crippen molar-refractivity contribution >= 4 is 22.4 Å². The Morgan fingerprint density at radius 2 is 1.77 bits per heavy atom. The van der Waals surface area contributed by atoms with E-state index in [2.05, 4.69) is 42.5 Å². The van der Waals surface area contributed by atoms with Crippen LogP contribution in [0, 0.1) is 0 Å². The minimum Gasteiger partial charge on any atom is -0.490 e. The molecule has 2 aliphatic heterocycles. The third-order valence-electron chi connectivity index (χ3n) is 6.28. The van der Waals surface area contributed by atoms with E-state index in [1.54, 1.807) is 0 Å². The highest BCUT2D eigenvalue weighted by atomic mass is 16.5. The molecule has 0 aliphatic carbocycles. The molecule has 3 aromatic carbocycles. The van der Waals surface area contributed by atoms with Gasteiger partial charge in [-0.3, -0.25) is 4.79 Å². The molecular weight excluding hydrogens is 388 g/mol. The number of likely N-dealkylation sites (tertiary alicyclic amines) is 1. The molecule has 0 bridgehead atoms. The van der Waals surface area contributed by atoms with Gasteiger partial charge in [-0.25, -0.2) is 0 Å². The van der Waals surface area contributed by atoms with Gasteiger partial charge < -0.3 is 19.3 Å². The molecule has 0 radical (unpaired) electrons. The zero-order valence-electron chi connectivity index (χ0n) is 17.9. The molecule has 160 valence electrons. The summed E-state index contributed by atoms with van der Waals surface area (Å²) >= 11 is 0. The first kappa shape index (κ1) is 19.7. The third kappa shape index (κ3) is 4.05. The number of hydrogen-bond donors (Lipinski definition) is 0. The second kappa shape index (κ2) is 8.50. The van der Waals surface area contributed by atoms with Crippen LogP contribution in [0.1, 0.15) is 30.9 Å². The average molecular weight is 417 g/mol. The first-order chi connectivity index (χ1) is 15.2. The molecule has 1 fully saturated rings. The monoisotopic (exact) mass is 416 g/mol. The van der Waals surface area contributed by atoms with E-state index in [9.17, 15) is 4.79 Å². The van der Waals surface area contributed by atoms with Crippen LogP contribution in [0.25, 0.3) is 10.8 Å². The van der Waals surface area contributed by atoms with E-state index < -0.39 is 0 Å². The third-order valence-corrected chi connectivity index (χ3v) is 6.28. The van der Waals surface area contributed by atoms with E-state index in [-0.39, 0.29) is 11.9 Å². The predicted molar refractivity (Wildman–Crippen MR) is 123 cm³/mol. The fourth-order valence-electron chi connectivity index (χ4n) is 4.60. The van der Waals surface area contributed by atoms with Gasteiger partial charge in [-0.1, -0.05) is 36.4 Å². The van der Waals surface area contributed by atoms with Gasteiger partial charge in [-0.15, -0.1) is 0 Å². The Morgan fingerprint density at radius 3 is 2.65 bits per heavy atom. The number of amides is 1. The zero-order valence-corrected chi connectivity index (χ0v) is 17.9. The van der Waals surface area contributed by atoms with Crippen LogP contribution in [0.5, 0.6) is 11.5 Å². The highest BCUT2D eigenvalue weighted by Gasteiger charge is 2.31. The van der Waals surface area contributed by atoms with Crippen molar-refractivity contribution in [2.24, 2.45) is 0 Å². The van der Waals surface area contributed by atoms with E-state index in [0.29, 0.717) is 19.8 Å². The molecule has 5 heteroatoms. The molecule has 0 saturated carbocycles. The maximum atomic E-state index is 13.2. The molecule has 1 atom stereocenters. The average Bonchev–Trinajstić information content (AvgIpc) is 3.17. The van der Waals surface area contributed by atoms with Gasteiger partial charge in [0.15, 0.2) is 11.5 Å². The second-order valence-electron chi connectivity index (χ2n) is 8.39. The van der Waals surface area contributed by atoms with Crippen molar-refractivity contribution in [3.05, 3.63) is 66.2 Å². The van der Waals surface area contributed by atoms with Crippen LogP contribution in [0.15, 0.2) is 60.7 Å². The van der Waals surface area contributed by atoms with Crippen LogP contribution in [-0.2, 0) is 4.79 Å². The summed E-state index contributed by atoms with van der Waals surface area (Å²) in [4.78, 5) is 17.3. The topological polar surface area (TPSA) is 42.0 Å². The minimum atomic E-state index is 0.0923. The van der Waals surface area contributed by atoms with Crippen LogP contribution in [0.3, 0.4) is 0 Å². The van der Waals surface area contributed by atoms with Gasteiger partial charge in [0.25, 0.3) is 0 Å². The van der Waals surface area contributed by atoms with Gasteiger partial charge >= 0.3 is 0 Å². The van der Waals surface area contributed by atoms with Crippen LogP contribution < -0.4 is 14.4 Å². The smallest absolute Gasteiger partial charge is 0.242 e. The van der Waals surface area contributed by atoms with Gasteiger partial charge in [0.1, 0.15) is 0 Å². The molecule has 5 rings (SSSR count). The summed E-state index contributed by atoms with van der Waals surface area (Å²) in [5.74, 6) is 1.75. The number of anilines is 1. The number of ether oxygens (including phenoxy) is 2. The van der Waals surface area contributed by atoms with E-state index in [1.165, 1.54) is 10.8 Å². The normalized spacial score (nSPS) is 18.1. The summed E-state index contributed by atoms with van der Waals surface area (Å²) in [6.45, 7) is 2.50. The molecule has 0 unspecified atom stereocenters. The Morgan fingerprint density at radius 1 is 0.968 bits per heavy atom. The van der Waals surface area contributed by atoms with Crippen LogP contribution in [-0.4, -0.2) is 44.2 Å². The number of hydrogen-bond acceptors (Lipinski definition) is 4. The molecule has 3 aromatic rings. The van der Waals surface area contributed by atoms with E-state index in [4.69, 9.17) is 9.47 Å². The van der Waals surface area contributed by atoms with Gasteiger partial charge in [-0.2, -0.15) is 0 Å². The van der Waals surface area contributed by atoms with Crippen molar-refractivity contribution in [1.29, 1.82) is 0 Å². The molecule has 5 nitrogen and oxygen atoms in total. The van der Waals surface area contributed by atoms with E-state index in [0.717, 1.165) is 48.6 Å². The Hall–Kier alpha value is -3.21. The van der Waals surface area contributed by atoms with Crippen molar-refractivity contribution in [3.8, 4) is 11.5 Å². The van der Waals surface area contributed by atoms with Crippen molar-refractivity contribution in [3.63, 3.8) is 0 Å². The highest BCUT2D eigenvalue weighted by molar-refractivity contribution is 5.87. The Bertz CT molecular complexity index is 1100. The summed E-state index contributed by atoms with van der Waals surface area (Å²) in [7, 11) is 1.99. The van der Waals surface area contributed by atoms with Crippen molar-refractivity contribution in [1.82, 2.24) is 4.90 Å². The van der Waals surface area contributed by atoms with Gasteiger partial charge in [0.05, 0.1) is 25.8 Å². The lowest BCUT2D eigenvalue weighted by atomic mass is 10.0. The van der Waals surface area contributed by atoms with Gasteiger partial charge in [-0.05, 0) is 53.4 Å². The Labute approximate surface area is 183 Å². The van der Waals surface area contributed by atoms with Gasteiger partial charge in [0.2, 0.25) is 5.91 Å². The molecule has 0 spiro atoms. The van der Waals surface area contributed by atoms with Crippen molar-refractivity contribution in [2.75, 3.05) is 38.3 Å². The summed E-state index contributed by atoms with van der Waals surface area (Å²) in [5, 5.41) is 2.39. The minimum absolute atomic E-state index is 0.0923. The van der Waals surface area contributed by atoms with Crippen LogP contribution >= 0.6 is 0 Å². The standard InChI is InChI=1S/C26H28N2O3/c1-27(22-11-9-19-6-2-3-7-20(19)16-22)18-26(29)28-13-4-8-23(28)21-10-12-24-25(17-21)31-15-5-14-30-24/h2-3,6-7,9-12,16-17,23H,4-5,8,13-15,18H2,1H3/t23-/m1/s1. The first-order valence-electron chi connectivity index (χ1n) is 11.1. The van der Waals surface area contributed by atoms with Crippen molar-refractivity contribution in [2.45, 2.75) is 25.3 Å². The molecule has 0 aromatic heterocycles. The van der Waals surface area contributed by atoms with Crippen LogP contribution in [0.4, 0.5) is 5.69 Å². The quantitative estimate of drug-likeness (QED) is 0.613. The molecule has 31 heavy (non-hydrogen) atoms. The second-order valence-corrected chi connectivity index (χ2v) is 8.39. The lowest BCUT2D eigenvalue weighted by Gasteiger charge is -2.28. The number of carbonyl (C=O) groups excluding carboxylic acids is 1. The number of nitrogens with zero attached hydrogens (tertiary/aromatic N) is 2. The molecule has 2 aliphatic rings. The molecule has 2 heterocycles. The summed E-state index contributed by atoms with van der Waals surface area (Å²) < 4.78 is 11.6. The number of carbonyl (C=O) groups is 1. The maximum Gasteiger partial charge on any atom is 0.242 e. The number of likely N-dealkylation sites (N-methyl/N-ethyl adjacent to an activating group) is 1. The van der Waals surface area contributed by atoms with Crippen molar-refractivity contribution < 1.29 is 14.3 Å². The Kier molecular flexibility index (Phi) is 5.41. The number of rotatable bonds is 4. The summed E-state index contributed by atoms with van der Waals surface area (Å²) in [6.07, 6.45) is 2.88. The number of benzene rings is 3. The maximum absolute atomic E-state index is 13.2. The molecular formula is C26H28N2O3. The fourth-order valence-corrected chi connectivity index (χ4v) is 4.60. The number of fused-ring (bicyclic) bond motifs is 2. The first-order valence-corrected chi connectivity index (χ1v) is 11.1. The Balaban J connectivity index is 1.32. The summed E-state index contributed by atoms with van der Waals surface area (Å²) in [6, 6.07) is 20.9. The lowest BCUT2D eigenvalue weighted by molar-refractivity contribution is -0.130. The van der Waals surface area contributed by atoms with Gasteiger partial charge in [0, 0.05) is 25.7 Å². The largest absolute Gasteiger partial charge is 0.490 e. The predicted octanol–water partition coefficient (Wildman–Crippen LogP) is 4.80. The van der Waals surface area contributed by atoms with Crippen LogP contribution in [0.2, 0.25) is 0 Å². The molecule has 1 amide bonds. The molecule has 1 saturated heterocycles. The SMILES string of the molecule is CN(CC(=O)N1CCC[C@@H]1c1ccc2c(c1)OCCCO2)c1ccc2ccccc2c1. The molecule has 0 N–H and O–H groups in total. The van der Waals surface area contributed by atoms with E-state index >= 15 is 0 Å². The lowest BCUT2D eigenvalue weighted by Crippen LogP contribution is -2.38.